The van der Waals surface area contributed by atoms with Crippen LogP contribution in [0, 0.1) is 0 Å². The summed E-state index contributed by atoms with van der Waals surface area (Å²) >= 11 is 12.0. The molecule has 0 fully saturated rings. The predicted molar refractivity (Wildman–Crippen MR) is 132 cm³/mol. The van der Waals surface area contributed by atoms with Crippen LogP contribution in [-0.2, 0) is 9.59 Å². The fraction of sp³-hybridized carbons (Fsp3) is 0.0455. The second kappa shape index (κ2) is 11.0. The lowest BCUT2D eigenvalue weighted by Crippen LogP contribution is -2.49. The number of carbonyl (C=O) groups excluding carboxylic acids is 2. The number of hydrogen-bond acceptors (Lipinski definition) is 4. The highest BCUT2D eigenvalue weighted by molar-refractivity contribution is 9.11. The number of nitrogens with one attached hydrogen (secondary N) is 3. The number of benzene rings is 3. The fourth-order valence-electron chi connectivity index (χ4n) is 2.58. The van der Waals surface area contributed by atoms with E-state index in [0.717, 1.165) is 25.3 Å². The van der Waals surface area contributed by atoms with Gasteiger partial charge in [-0.1, -0.05) is 58.4 Å². The molecule has 9 heteroatoms. The van der Waals surface area contributed by atoms with E-state index in [2.05, 4.69) is 48.0 Å². The minimum Gasteiger partial charge on any atom is -0.483 e. The third kappa shape index (κ3) is 6.88. The Morgan fingerprint density at radius 2 is 1.77 bits per heavy atom. The number of hydrazine groups is 1. The molecule has 158 valence electrons. The molecule has 3 aromatic rings. The Morgan fingerprint density at radius 3 is 2.55 bits per heavy atom. The topological polar surface area (TPSA) is 79.5 Å². The molecule has 0 aliphatic carbocycles. The van der Waals surface area contributed by atoms with Gasteiger partial charge in [-0.25, -0.2) is 0 Å². The normalized spacial score (nSPS) is 10.6. The van der Waals surface area contributed by atoms with Crippen molar-refractivity contribution in [2.75, 3.05) is 6.61 Å². The molecular formula is C22H17Br2N3O3S. The lowest BCUT2D eigenvalue weighted by molar-refractivity contribution is -0.123. The van der Waals surface area contributed by atoms with Gasteiger partial charge in [-0.3, -0.25) is 25.8 Å². The van der Waals surface area contributed by atoms with Crippen molar-refractivity contribution in [1.82, 2.24) is 16.2 Å². The first kappa shape index (κ1) is 22.9. The summed E-state index contributed by atoms with van der Waals surface area (Å²) in [7, 11) is 0. The molecule has 3 rings (SSSR count). The second-order valence-electron chi connectivity index (χ2n) is 6.27. The molecule has 0 aromatic heterocycles. The van der Waals surface area contributed by atoms with E-state index >= 15 is 0 Å². The Hall–Kier alpha value is -2.75. The van der Waals surface area contributed by atoms with Gasteiger partial charge in [0.15, 0.2) is 11.7 Å². The summed E-state index contributed by atoms with van der Waals surface area (Å²) in [5.74, 6) is -0.343. The molecule has 0 aliphatic heterocycles. The van der Waals surface area contributed by atoms with Gasteiger partial charge in [0, 0.05) is 10.5 Å². The molecule has 0 atom stereocenters. The monoisotopic (exact) mass is 561 g/mol. The number of fused-ring (bicyclic) bond motifs is 1. The SMILES string of the molecule is O=C(/C=C/c1ccccc1)NC(=S)NNC(=O)COc1ccc2cc(Br)ccc2c1Br. The largest absolute Gasteiger partial charge is 0.483 e. The quantitative estimate of drug-likeness (QED) is 0.243. The van der Waals surface area contributed by atoms with Crippen molar-refractivity contribution >= 4 is 77.9 Å². The first-order valence-corrected chi connectivity index (χ1v) is 11.1. The van der Waals surface area contributed by atoms with Crippen molar-refractivity contribution in [3.05, 3.63) is 81.2 Å². The van der Waals surface area contributed by atoms with Crippen LogP contribution < -0.4 is 20.9 Å². The van der Waals surface area contributed by atoms with Crippen molar-refractivity contribution in [1.29, 1.82) is 0 Å². The third-order valence-electron chi connectivity index (χ3n) is 4.02. The maximum absolute atomic E-state index is 12.0. The number of halogens is 2. The molecule has 3 N–H and O–H groups in total. The standard InChI is InChI=1S/C22H17Br2N3O3S/c23-16-8-9-17-15(12-16)7-10-18(21(17)24)30-13-20(29)26-27-22(31)25-19(28)11-6-14-4-2-1-3-5-14/h1-12H,13H2,(H,26,29)(H2,25,27,28,31)/b11-6+. The van der Waals surface area contributed by atoms with E-state index in [9.17, 15) is 9.59 Å². The summed E-state index contributed by atoms with van der Waals surface area (Å²) in [4.78, 5) is 23.9. The van der Waals surface area contributed by atoms with Gasteiger partial charge in [0.05, 0.1) is 4.47 Å². The number of rotatable bonds is 5. The molecule has 3 aromatic carbocycles. The van der Waals surface area contributed by atoms with Crippen LogP contribution in [-0.4, -0.2) is 23.5 Å². The average Bonchev–Trinajstić information content (AvgIpc) is 2.76. The third-order valence-corrected chi connectivity index (χ3v) is 5.53. The molecule has 6 nitrogen and oxygen atoms in total. The number of carbonyl (C=O) groups is 2. The van der Waals surface area contributed by atoms with Crippen LogP contribution in [0.4, 0.5) is 0 Å². The minimum atomic E-state index is -0.459. The Morgan fingerprint density at radius 1 is 1.00 bits per heavy atom. The zero-order valence-corrected chi connectivity index (χ0v) is 20.0. The Bertz CT molecular complexity index is 1150. The summed E-state index contributed by atoms with van der Waals surface area (Å²) in [5, 5.41) is 4.40. The maximum atomic E-state index is 12.0. The molecule has 0 bridgehead atoms. The van der Waals surface area contributed by atoms with E-state index in [1.165, 1.54) is 6.08 Å². The summed E-state index contributed by atoms with van der Waals surface area (Å²) in [6.45, 7) is -0.238. The zero-order valence-electron chi connectivity index (χ0n) is 16.0. The van der Waals surface area contributed by atoms with Gasteiger partial charge in [-0.15, -0.1) is 0 Å². The van der Waals surface area contributed by atoms with E-state index in [1.807, 2.05) is 54.6 Å². The smallest absolute Gasteiger partial charge is 0.276 e. The van der Waals surface area contributed by atoms with Gasteiger partial charge in [-0.05, 0) is 68.8 Å². The summed E-state index contributed by atoms with van der Waals surface area (Å²) in [6, 6.07) is 18.9. The predicted octanol–water partition coefficient (Wildman–Crippen LogP) is 4.48. The van der Waals surface area contributed by atoms with Crippen molar-refractivity contribution in [3.8, 4) is 5.75 Å². The molecule has 0 saturated carbocycles. The van der Waals surface area contributed by atoms with Gasteiger partial charge >= 0.3 is 0 Å². The van der Waals surface area contributed by atoms with E-state index in [4.69, 9.17) is 17.0 Å². The summed E-state index contributed by atoms with van der Waals surface area (Å²) in [5.41, 5.74) is 5.73. The van der Waals surface area contributed by atoms with E-state index in [-0.39, 0.29) is 11.7 Å². The van der Waals surface area contributed by atoms with Crippen LogP contribution >= 0.6 is 44.1 Å². The molecule has 0 unspecified atom stereocenters. The van der Waals surface area contributed by atoms with Gasteiger partial charge in [0.1, 0.15) is 5.75 Å². The van der Waals surface area contributed by atoms with Crippen molar-refractivity contribution in [3.63, 3.8) is 0 Å². The highest BCUT2D eigenvalue weighted by Gasteiger charge is 2.10. The number of hydrogen-bond donors (Lipinski definition) is 3. The van der Waals surface area contributed by atoms with Crippen LogP contribution in [0.5, 0.6) is 5.75 Å². The average molecular weight is 563 g/mol. The number of amides is 2. The summed E-state index contributed by atoms with van der Waals surface area (Å²) < 4.78 is 7.32. The van der Waals surface area contributed by atoms with E-state index < -0.39 is 11.8 Å². The van der Waals surface area contributed by atoms with Crippen LogP contribution in [0.1, 0.15) is 5.56 Å². The van der Waals surface area contributed by atoms with Crippen molar-refractivity contribution in [2.24, 2.45) is 0 Å². The Kier molecular flexibility index (Phi) is 8.16. The fourth-order valence-corrected chi connectivity index (χ4v) is 3.72. The first-order chi connectivity index (χ1) is 14.9. The van der Waals surface area contributed by atoms with Crippen molar-refractivity contribution in [2.45, 2.75) is 0 Å². The van der Waals surface area contributed by atoms with Gasteiger partial charge < -0.3 is 4.74 Å². The molecule has 0 saturated heterocycles. The van der Waals surface area contributed by atoms with Crippen molar-refractivity contribution < 1.29 is 14.3 Å². The molecule has 0 spiro atoms. The molecular weight excluding hydrogens is 546 g/mol. The molecule has 0 aliphatic rings. The minimum absolute atomic E-state index is 0.0338. The zero-order chi connectivity index (χ0) is 22.2. The Balaban J connectivity index is 1.45. The van der Waals surface area contributed by atoms with E-state index in [1.54, 1.807) is 12.1 Å². The molecule has 31 heavy (non-hydrogen) atoms. The first-order valence-electron chi connectivity index (χ1n) is 9.06. The van der Waals surface area contributed by atoms with Crippen LogP contribution in [0.2, 0.25) is 0 Å². The molecule has 0 radical (unpaired) electrons. The van der Waals surface area contributed by atoms with Gasteiger partial charge in [0.2, 0.25) is 5.91 Å². The van der Waals surface area contributed by atoms with Crippen LogP contribution in [0.3, 0.4) is 0 Å². The maximum Gasteiger partial charge on any atom is 0.276 e. The highest BCUT2D eigenvalue weighted by Crippen LogP contribution is 2.34. The number of ether oxygens (including phenoxy) is 1. The second-order valence-corrected chi connectivity index (χ2v) is 8.38. The number of thiocarbonyl (C=S) groups is 1. The van der Waals surface area contributed by atoms with Crippen LogP contribution in [0.25, 0.3) is 16.8 Å². The van der Waals surface area contributed by atoms with Crippen LogP contribution in [0.15, 0.2) is 75.7 Å². The lowest BCUT2D eigenvalue weighted by Gasteiger charge is -2.12. The Labute approximate surface area is 201 Å². The van der Waals surface area contributed by atoms with Gasteiger partial charge in [-0.2, -0.15) is 0 Å². The van der Waals surface area contributed by atoms with Gasteiger partial charge in [0.25, 0.3) is 5.91 Å². The highest BCUT2D eigenvalue weighted by atomic mass is 79.9. The lowest BCUT2D eigenvalue weighted by atomic mass is 10.1. The van der Waals surface area contributed by atoms with E-state index in [0.29, 0.717) is 5.75 Å². The molecule has 2 amide bonds. The molecule has 0 heterocycles. The summed E-state index contributed by atoms with van der Waals surface area (Å²) in [6.07, 6.45) is 3.01.